The quantitative estimate of drug-likeness (QED) is 0.0167. The largest absolute Gasteiger partial charge is 0.289 e. The fourth-order valence-corrected chi connectivity index (χ4v) is 24.8. The topological polar surface area (TPSA) is 175 Å². The van der Waals surface area contributed by atoms with Crippen LogP contribution >= 0.6 is 57.1 Å². The molecule has 0 unspecified atom stereocenters. The van der Waals surface area contributed by atoms with E-state index in [-0.39, 0.29) is 44.5 Å². The minimum atomic E-state index is -1.23. The number of hydrogen-bond donors (Lipinski definition) is 0. The summed E-state index contributed by atoms with van der Waals surface area (Å²) in [5.41, 5.74) is 10.9. The predicted octanol–water partition coefficient (Wildman–Crippen LogP) is 27.2. The van der Waals surface area contributed by atoms with Crippen molar-refractivity contribution < 1.29 is 31.8 Å². The average molecular weight is 1650 g/mol. The number of unbranched alkanes of at least 4 members (excludes halogenated alkanes) is 12. The molecule has 4 aliphatic carbocycles. The van der Waals surface area contributed by atoms with Crippen molar-refractivity contribution in [2.45, 2.75) is 167 Å². The maximum Gasteiger partial charge on any atom is 0.270 e. The van der Waals surface area contributed by atoms with Gasteiger partial charge in [-0.15, -0.1) is 45.3 Å². The molecule has 11 nitrogen and oxygen atoms in total. The molecule has 8 aromatic carbocycles. The number of thiophene rings is 4. The van der Waals surface area contributed by atoms with E-state index in [4.69, 9.17) is 30.3 Å². The highest BCUT2D eigenvalue weighted by atomic mass is 32.1. The molecule has 0 radical (unpaired) electrons. The molecule has 20 heteroatoms. The highest BCUT2D eigenvalue weighted by Gasteiger charge is 2.54. The lowest BCUT2D eigenvalue weighted by Crippen LogP contribution is -2.28. The molecule has 4 aliphatic rings. The van der Waals surface area contributed by atoms with Crippen molar-refractivity contribution in [2.75, 3.05) is 0 Å². The molecule has 0 saturated carbocycles. The van der Waals surface area contributed by atoms with Crippen LogP contribution in [0.5, 0.6) is 0 Å². The monoisotopic (exact) mass is 1650 g/mol. The SMILES string of the molecule is [C-]#[N+]C(C#N)=C1/C(=C/c2cc3c(s2)-c2sc4c5nonc5c5c6c7c(sc6c6nsnc6c5c4c2C3(c2ccc(CCCCCC)cc2)c2ccc(CCCCCC)cc2)-c2sc(/C=C3\C(=O)c4cc(F)c(F)cc4C3=C(C#N)C#N)cc2C7(c2ccc(CCCCCC)cc2)c2ccc(CCCCCC)cc2)C(=O)c2cc(F)c(F)cc21. The zero-order chi connectivity index (χ0) is 81.4. The molecule has 0 fully saturated rings. The van der Waals surface area contributed by atoms with Gasteiger partial charge in [-0.05, 0) is 188 Å². The standard InChI is InChI=1S/C98H76F4N8O3S5/c1-6-10-14-18-22-53-26-34-58(35-27-53)97(59-36-28-54(29-37-59)23-19-15-11-7-2)70-44-62(42-68-77(57(50-103)51-104)64-46-72(99)74(101)48-66(64)89(68)111)114-92(70)96-83(97)81-79-80(86-88(94(81)117-96)110-118-109-86)82-84-95(116-93(82)87-85(79)107-113-108-87)91-71(45-63(115-91)43-69-78(76(52-105)106-5)65-47-73(100)75(102)49-67(65)90(69)112)98(84,60-38-30-55(31-39-60)24-20-16-12-8-3)61-40-32-56(33-41-61)25-21-17-13-9-4/h26-49H,6-25H2,1-4H3/b68-42-,69-43-,78-76?. The molecule has 0 N–H and O–H groups in total. The second-order valence-electron chi connectivity index (χ2n) is 31.3. The molecule has 0 amide bonds. The van der Waals surface area contributed by atoms with Gasteiger partial charge in [0, 0.05) is 64.7 Å². The van der Waals surface area contributed by atoms with Gasteiger partial charge in [0.25, 0.3) is 5.70 Å². The van der Waals surface area contributed by atoms with Gasteiger partial charge < -0.3 is 0 Å². The van der Waals surface area contributed by atoms with Crippen molar-refractivity contribution >= 4 is 145 Å². The van der Waals surface area contributed by atoms with Crippen LogP contribution in [0.15, 0.2) is 161 Å². The molecular formula is C98H76F4N8O3S5. The fraction of sp³-hybridized carbons (Fsp3) is 0.265. The summed E-state index contributed by atoms with van der Waals surface area (Å²) in [4.78, 5) is 38.2. The van der Waals surface area contributed by atoms with E-state index >= 15 is 17.6 Å². The zero-order valence-corrected chi connectivity index (χ0v) is 69.4. The van der Waals surface area contributed by atoms with Crippen molar-refractivity contribution in [1.82, 2.24) is 19.1 Å². The highest BCUT2D eigenvalue weighted by Crippen LogP contribution is 2.69. The molecule has 118 heavy (non-hydrogen) atoms. The first kappa shape index (κ1) is 77.8. The van der Waals surface area contributed by atoms with Crippen LogP contribution in [0.25, 0.3) is 101 Å². The average Bonchev–Trinajstić information content (AvgIpc) is 1.48. The van der Waals surface area contributed by atoms with Crippen LogP contribution < -0.4 is 0 Å². The van der Waals surface area contributed by atoms with Gasteiger partial charge in [-0.25, -0.2) is 32.3 Å². The number of Topliss-reactive ketones (excluding diaryl/α,β-unsaturated/α-hetero) is 2. The minimum Gasteiger partial charge on any atom is -0.289 e. The van der Waals surface area contributed by atoms with Crippen molar-refractivity contribution in [3.8, 4) is 37.7 Å². The summed E-state index contributed by atoms with van der Waals surface area (Å²) in [6.45, 7) is 17.0. The Labute approximate surface area is 700 Å². The van der Waals surface area contributed by atoms with E-state index in [0.717, 1.165) is 259 Å². The number of nitriles is 3. The third kappa shape index (κ3) is 12.4. The Kier molecular flexibility index (Phi) is 20.9. The Hall–Kier alpha value is -11.5. The Bertz CT molecular complexity index is 6280. The van der Waals surface area contributed by atoms with Gasteiger partial charge in [0.05, 0.1) is 64.1 Å². The van der Waals surface area contributed by atoms with Gasteiger partial charge in [-0.1, -0.05) is 202 Å². The molecule has 6 aromatic heterocycles. The van der Waals surface area contributed by atoms with Crippen LogP contribution in [0.2, 0.25) is 0 Å². The van der Waals surface area contributed by atoms with Crippen LogP contribution in [-0.2, 0) is 36.5 Å². The van der Waals surface area contributed by atoms with Crippen LogP contribution in [0.3, 0.4) is 0 Å². The molecule has 14 aromatic rings. The maximum absolute atomic E-state index is 15.4. The summed E-state index contributed by atoms with van der Waals surface area (Å²) >= 11 is 7.20. The number of aryl methyl sites for hydroxylation is 4. The fourth-order valence-electron chi connectivity index (χ4n) is 18.9. The van der Waals surface area contributed by atoms with E-state index in [0.29, 0.717) is 31.8 Å². The van der Waals surface area contributed by atoms with E-state index in [1.807, 2.05) is 18.2 Å². The van der Waals surface area contributed by atoms with E-state index in [1.165, 1.54) is 44.9 Å². The summed E-state index contributed by atoms with van der Waals surface area (Å²) in [7, 11) is 0. The number of rotatable bonds is 26. The van der Waals surface area contributed by atoms with Crippen LogP contribution in [0.1, 0.15) is 239 Å². The normalized spacial score (nSPS) is 15.2. The molecule has 6 heterocycles. The summed E-state index contributed by atoms with van der Waals surface area (Å²) < 4.78 is 80.0. The summed E-state index contributed by atoms with van der Waals surface area (Å²) in [5, 5.41) is 45.0. The van der Waals surface area contributed by atoms with Gasteiger partial charge in [-0.3, -0.25) is 9.59 Å². The lowest BCUT2D eigenvalue weighted by atomic mass is 9.66. The van der Waals surface area contributed by atoms with Crippen LogP contribution in [-0.4, -0.2) is 30.6 Å². The predicted molar refractivity (Wildman–Crippen MR) is 467 cm³/mol. The number of carbonyl (C=O) groups excluding carboxylic acids is 2. The second-order valence-corrected chi connectivity index (χ2v) is 36.1. The number of allylic oxidation sites excluding steroid dienone is 6. The smallest absolute Gasteiger partial charge is 0.270 e. The van der Waals surface area contributed by atoms with E-state index in [1.54, 1.807) is 34.8 Å². The molecule has 0 bridgehead atoms. The number of benzene rings is 8. The summed E-state index contributed by atoms with van der Waals surface area (Å²) in [5.74, 6) is -6.19. The maximum atomic E-state index is 15.4. The van der Waals surface area contributed by atoms with Crippen molar-refractivity contribution in [3.05, 3.63) is 289 Å². The van der Waals surface area contributed by atoms with Crippen molar-refractivity contribution in [1.29, 1.82) is 15.8 Å². The molecule has 0 atom stereocenters. The molecule has 18 rings (SSSR count). The second kappa shape index (κ2) is 31.8. The molecule has 0 spiro atoms. The van der Waals surface area contributed by atoms with Crippen LogP contribution in [0.4, 0.5) is 17.6 Å². The number of fused-ring (bicyclic) bond motifs is 21. The van der Waals surface area contributed by atoms with E-state index < -0.39 is 56.9 Å². The summed E-state index contributed by atoms with van der Waals surface area (Å²) in [6, 6.07) is 49.6. The Morgan fingerprint density at radius 3 is 1.19 bits per heavy atom. The lowest BCUT2D eigenvalue weighted by Gasteiger charge is -2.34. The molecule has 584 valence electrons. The number of aromatic nitrogens is 4. The van der Waals surface area contributed by atoms with E-state index in [2.05, 4.69) is 142 Å². The van der Waals surface area contributed by atoms with Gasteiger partial charge >= 0.3 is 0 Å². The third-order valence-electron chi connectivity index (χ3n) is 24.4. The first-order valence-electron chi connectivity index (χ1n) is 40.7. The molecule has 0 saturated heterocycles. The molecular weight excluding hydrogens is 1570 g/mol. The van der Waals surface area contributed by atoms with E-state index in [9.17, 15) is 25.4 Å². The Morgan fingerprint density at radius 1 is 0.432 bits per heavy atom. The lowest BCUT2D eigenvalue weighted by molar-refractivity contribution is 0.103. The Morgan fingerprint density at radius 2 is 0.797 bits per heavy atom. The Balaban J connectivity index is 0.959. The van der Waals surface area contributed by atoms with Gasteiger partial charge in [0.2, 0.25) is 0 Å². The third-order valence-corrected chi connectivity index (χ3v) is 29.8. The number of carbonyl (C=O) groups is 2. The zero-order valence-electron chi connectivity index (χ0n) is 65.4. The number of nitrogens with zero attached hydrogens (tertiary/aromatic N) is 8. The number of halogens is 4. The number of ketones is 2. The van der Waals surface area contributed by atoms with Crippen molar-refractivity contribution in [2.24, 2.45) is 0 Å². The first-order chi connectivity index (χ1) is 57.7. The first-order valence-corrected chi connectivity index (χ1v) is 44.7. The van der Waals surface area contributed by atoms with Crippen molar-refractivity contribution in [3.63, 3.8) is 0 Å². The van der Waals surface area contributed by atoms with Gasteiger partial charge in [0.1, 0.15) is 34.3 Å². The number of hydrogen-bond acceptors (Lipinski definition) is 15. The van der Waals surface area contributed by atoms with Crippen LogP contribution in [0, 0.1) is 63.8 Å². The highest BCUT2D eigenvalue weighted by molar-refractivity contribution is 7.29. The minimum absolute atomic E-state index is 0.0291. The van der Waals surface area contributed by atoms with Gasteiger partial charge in [-0.2, -0.15) is 19.3 Å². The van der Waals surface area contributed by atoms with Gasteiger partial charge in [0.15, 0.2) is 40.4 Å². The summed E-state index contributed by atoms with van der Waals surface area (Å²) in [6.07, 6.45) is 24.2. The molecule has 0 aliphatic heterocycles.